The second-order valence-electron chi connectivity index (χ2n) is 5.15. The zero-order chi connectivity index (χ0) is 18.7. The highest BCUT2D eigenvalue weighted by molar-refractivity contribution is 7.89. The molecule has 2 aromatic heterocycles. The molecule has 0 atom stereocenters. The average molecular weight is 381 g/mol. The fourth-order valence-electron chi connectivity index (χ4n) is 2.22. The summed E-state index contributed by atoms with van der Waals surface area (Å²) in [6, 6.07) is 7.15. The Hall–Kier alpha value is -2.92. The largest absolute Gasteiger partial charge is 0.268 e. The second kappa shape index (κ2) is 7.14. The van der Waals surface area contributed by atoms with Crippen molar-refractivity contribution in [2.75, 3.05) is 6.54 Å². The lowest BCUT2D eigenvalue weighted by Gasteiger charge is -2.10. The van der Waals surface area contributed by atoms with E-state index in [0.29, 0.717) is 5.82 Å². The summed E-state index contributed by atoms with van der Waals surface area (Å²) in [5, 5.41) is 8.04. The lowest BCUT2D eigenvalue weighted by molar-refractivity contribution is 0.507. The Morgan fingerprint density at radius 1 is 1.08 bits per heavy atom. The number of nitrogens with zero attached hydrogens (tertiary/aromatic N) is 4. The Bertz CT molecular complexity index is 1060. The van der Waals surface area contributed by atoms with Crippen LogP contribution in [0, 0.1) is 11.6 Å². The van der Waals surface area contributed by atoms with Crippen LogP contribution in [0.5, 0.6) is 0 Å². The first-order valence-corrected chi connectivity index (χ1v) is 8.89. The van der Waals surface area contributed by atoms with Crippen LogP contribution < -0.4 is 10.3 Å². The van der Waals surface area contributed by atoms with Gasteiger partial charge in [0.25, 0.3) is 5.56 Å². The monoisotopic (exact) mass is 381 g/mol. The van der Waals surface area contributed by atoms with Gasteiger partial charge in [-0.15, -0.1) is 5.10 Å². The SMILES string of the molecule is O=c1ccc(-n2cccn2)nn1CCNS(=O)(=O)c1c(F)cccc1F. The first-order valence-electron chi connectivity index (χ1n) is 7.40. The van der Waals surface area contributed by atoms with E-state index in [1.165, 1.54) is 23.0 Å². The van der Waals surface area contributed by atoms with Gasteiger partial charge >= 0.3 is 0 Å². The molecule has 0 radical (unpaired) electrons. The van der Waals surface area contributed by atoms with Crippen molar-refractivity contribution in [1.82, 2.24) is 24.3 Å². The fraction of sp³-hybridized carbons (Fsp3) is 0.133. The predicted octanol–water partition coefficient (Wildman–Crippen LogP) is 0.686. The van der Waals surface area contributed by atoms with Crippen LogP contribution in [0.3, 0.4) is 0 Å². The predicted molar refractivity (Wildman–Crippen MR) is 87.2 cm³/mol. The molecule has 0 spiro atoms. The molecule has 0 fully saturated rings. The van der Waals surface area contributed by atoms with Crippen LogP contribution in [-0.4, -0.2) is 34.5 Å². The van der Waals surface area contributed by atoms with Crippen LogP contribution in [-0.2, 0) is 16.6 Å². The summed E-state index contributed by atoms with van der Waals surface area (Å²) < 4.78 is 56.0. The van der Waals surface area contributed by atoms with Gasteiger partial charge in [0.05, 0.1) is 6.54 Å². The third kappa shape index (κ3) is 3.68. The molecule has 0 bridgehead atoms. The zero-order valence-corrected chi connectivity index (χ0v) is 14.0. The molecular weight excluding hydrogens is 368 g/mol. The Balaban J connectivity index is 1.76. The van der Waals surface area contributed by atoms with E-state index in [1.807, 2.05) is 0 Å². The quantitative estimate of drug-likeness (QED) is 0.677. The van der Waals surface area contributed by atoms with Gasteiger partial charge in [0, 0.05) is 25.0 Å². The lowest BCUT2D eigenvalue weighted by atomic mass is 10.3. The van der Waals surface area contributed by atoms with Gasteiger partial charge in [0.2, 0.25) is 10.0 Å². The van der Waals surface area contributed by atoms with E-state index in [1.54, 1.807) is 12.3 Å². The summed E-state index contributed by atoms with van der Waals surface area (Å²) in [6.45, 7) is -0.422. The number of halogens is 2. The minimum atomic E-state index is -4.42. The molecule has 0 amide bonds. The molecule has 136 valence electrons. The van der Waals surface area contributed by atoms with Gasteiger partial charge in [-0.1, -0.05) is 6.07 Å². The van der Waals surface area contributed by atoms with Crippen molar-refractivity contribution >= 4 is 10.0 Å². The molecule has 3 aromatic rings. The summed E-state index contributed by atoms with van der Waals surface area (Å²) in [5.74, 6) is -2.04. The number of nitrogens with one attached hydrogen (secondary N) is 1. The highest BCUT2D eigenvalue weighted by Gasteiger charge is 2.23. The molecule has 1 N–H and O–H groups in total. The van der Waals surface area contributed by atoms with E-state index in [-0.39, 0.29) is 13.1 Å². The zero-order valence-electron chi connectivity index (χ0n) is 13.2. The molecule has 0 unspecified atom stereocenters. The minimum absolute atomic E-state index is 0.136. The molecular formula is C15H13F2N5O3S. The highest BCUT2D eigenvalue weighted by Crippen LogP contribution is 2.17. The molecule has 26 heavy (non-hydrogen) atoms. The summed E-state index contributed by atoms with van der Waals surface area (Å²) in [7, 11) is -4.42. The summed E-state index contributed by atoms with van der Waals surface area (Å²) >= 11 is 0. The molecule has 11 heteroatoms. The summed E-state index contributed by atoms with van der Waals surface area (Å²) in [4.78, 5) is 10.8. The Morgan fingerprint density at radius 3 is 2.46 bits per heavy atom. The number of sulfonamides is 1. The van der Waals surface area contributed by atoms with Crippen LogP contribution in [0.2, 0.25) is 0 Å². The number of rotatable bonds is 6. The van der Waals surface area contributed by atoms with E-state index in [9.17, 15) is 22.0 Å². The standard InChI is InChI=1S/C15H13F2N5O3S/c16-11-3-1-4-12(17)15(11)26(24,25)19-8-10-22-14(23)6-5-13(20-22)21-9-2-7-18-21/h1-7,9,19H,8,10H2. The van der Waals surface area contributed by atoms with Gasteiger partial charge in [-0.2, -0.15) is 5.10 Å². The molecule has 0 saturated carbocycles. The average Bonchev–Trinajstić information content (AvgIpc) is 3.10. The van der Waals surface area contributed by atoms with Crippen LogP contribution in [0.15, 0.2) is 58.5 Å². The third-order valence-corrected chi connectivity index (χ3v) is 4.91. The van der Waals surface area contributed by atoms with Crippen molar-refractivity contribution in [1.29, 1.82) is 0 Å². The third-order valence-electron chi connectivity index (χ3n) is 3.40. The van der Waals surface area contributed by atoms with Crippen LogP contribution in [0.1, 0.15) is 0 Å². The lowest BCUT2D eigenvalue weighted by Crippen LogP contribution is -2.33. The number of hydrogen-bond donors (Lipinski definition) is 1. The van der Waals surface area contributed by atoms with Gasteiger partial charge < -0.3 is 0 Å². The van der Waals surface area contributed by atoms with Crippen LogP contribution in [0.25, 0.3) is 5.82 Å². The maximum Gasteiger partial charge on any atom is 0.266 e. The van der Waals surface area contributed by atoms with Crippen molar-refractivity contribution in [3.05, 3.63) is 70.8 Å². The van der Waals surface area contributed by atoms with Gasteiger partial charge in [0.15, 0.2) is 10.7 Å². The van der Waals surface area contributed by atoms with E-state index in [0.717, 1.165) is 22.9 Å². The molecule has 8 nitrogen and oxygen atoms in total. The number of benzene rings is 1. The first kappa shape index (κ1) is 17.9. The van der Waals surface area contributed by atoms with Gasteiger partial charge in [-0.05, 0) is 24.3 Å². The van der Waals surface area contributed by atoms with Crippen molar-refractivity contribution in [2.24, 2.45) is 0 Å². The maximum absolute atomic E-state index is 13.6. The molecule has 0 aliphatic rings. The van der Waals surface area contributed by atoms with Gasteiger partial charge in [-0.3, -0.25) is 4.79 Å². The normalized spacial score (nSPS) is 11.6. The molecule has 2 heterocycles. The van der Waals surface area contributed by atoms with Crippen molar-refractivity contribution < 1.29 is 17.2 Å². The highest BCUT2D eigenvalue weighted by atomic mass is 32.2. The van der Waals surface area contributed by atoms with E-state index < -0.39 is 32.1 Å². The minimum Gasteiger partial charge on any atom is -0.268 e. The van der Waals surface area contributed by atoms with Crippen molar-refractivity contribution in [3.8, 4) is 5.82 Å². The van der Waals surface area contributed by atoms with E-state index in [2.05, 4.69) is 14.9 Å². The van der Waals surface area contributed by atoms with E-state index in [4.69, 9.17) is 0 Å². The Labute approximate surface area is 146 Å². The van der Waals surface area contributed by atoms with Gasteiger partial charge in [0.1, 0.15) is 11.6 Å². The molecule has 3 rings (SSSR count). The second-order valence-corrected chi connectivity index (χ2v) is 6.86. The molecule has 0 saturated heterocycles. The Morgan fingerprint density at radius 2 is 1.81 bits per heavy atom. The number of hydrogen-bond acceptors (Lipinski definition) is 5. The van der Waals surface area contributed by atoms with Crippen molar-refractivity contribution in [2.45, 2.75) is 11.4 Å². The summed E-state index contributed by atoms with van der Waals surface area (Å²) in [5.41, 5.74) is -0.461. The Kier molecular flexibility index (Phi) is 4.91. The number of aromatic nitrogens is 4. The molecule has 1 aromatic carbocycles. The first-order chi connectivity index (χ1) is 12.4. The van der Waals surface area contributed by atoms with E-state index >= 15 is 0 Å². The molecule has 0 aliphatic carbocycles. The smallest absolute Gasteiger partial charge is 0.266 e. The fourth-order valence-corrected chi connectivity index (χ4v) is 3.38. The van der Waals surface area contributed by atoms with Crippen LogP contribution >= 0.6 is 0 Å². The molecule has 0 aliphatic heterocycles. The van der Waals surface area contributed by atoms with Crippen molar-refractivity contribution in [3.63, 3.8) is 0 Å². The van der Waals surface area contributed by atoms with Gasteiger partial charge in [-0.25, -0.2) is 31.3 Å². The van der Waals surface area contributed by atoms with Crippen LogP contribution in [0.4, 0.5) is 8.78 Å². The maximum atomic E-state index is 13.6. The summed E-state index contributed by atoms with van der Waals surface area (Å²) in [6.07, 6.45) is 3.16. The topological polar surface area (TPSA) is 98.9 Å².